The van der Waals surface area contributed by atoms with Gasteiger partial charge in [0, 0.05) is 6.92 Å². The van der Waals surface area contributed by atoms with E-state index in [2.05, 4.69) is 6.58 Å². The van der Waals surface area contributed by atoms with Crippen molar-refractivity contribution in [3.05, 3.63) is 48.3 Å². The maximum Gasteiger partial charge on any atom is 0.303 e. The fourth-order valence-corrected chi connectivity index (χ4v) is 1.11. The summed E-state index contributed by atoms with van der Waals surface area (Å²) >= 11 is 0. The number of halogens is 1. The van der Waals surface area contributed by atoms with Gasteiger partial charge in [0.1, 0.15) is 11.9 Å². The van der Waals surface area contributed by atoms with Crippen molar-refractivity contribution >= 4 is 5.97 Å². The van der Waals surface area contributed by atoms with Crippen LogP contribution >= 0.6 is 0 Å². The highest BCUT2D eigenvalue weighted by molar-refractivity contribution is 5.66. The molecular weight excluding hydrogens is 183 g/mol. The molecule has 1 aromatic carbocycles. The highest BCUT2D eigenvalue weighted by atomic mass is 19.1. The average Bonchev–Trinajstić information content (AvgIpc) is 2.14. The van der Waals surface area contributed by atoms with E-state index < -0.39 is 12.1 Å². The second-order valence-electron chi connectivity index (χ2n) is 2.82. The fourth-order valence-electron chi connectivity index (χ4n) is 1.11. The van der Waals surface area contributed by atoms with Gasteiger partial charge in [-0.2, -0.15) is 0 Å². The van der Waals surface area contributed by atoms with Gasteiger partial charge in [-0.1, -0.05) is 18.7 Å². The minimum Gasteiger partial charge on any atom is -0.453 e. The average molecular weight is 194 g/mol. The number of carbonyl (C=O) groups is 1. The van der Waals surface area contributed by atoms with Gasteiger partial charge < -0.3 is 4.74 Å². The van der Waals surface area contributed by atoms with Gasteiger partial charge in [-0.05, 0) is 23.8 Å². The Labute approximate surface area is 82.0 Å². The number of rotatable bonds is 3. The van der Waals surface area contributed by atoms with Crippen molar-refractivity contribution in [3.8, 4) is 0 Å². The zero-order valence-electron chi connectivity index (χ0n) is 7.87. The minimum atomic E-state index is -0.580. The Hall–Kier alpha value is -1.64. The monoisotopic (exact) mass is 194 g/mol. The van der Waals surface area contributed by atoms with Crippen LogP contribution in [0.3, 0.4) is 0 Å². The number of hydrogen-bond acceptors (Lipinski definition) is 2. The van der Waals surface area contributed by atoms with E-state index in [1.54, 1.807) is 12.1 Å². The molecule has 0 heterocycles. The van der Waals surface area contributed by atoms with Gasteiger partial charge in [-0.25, -0.2) is 4.39 Å². The highest BCUT2D eigenvalue weighted by Gasteiger charge is 2.10. The fraction of sp³-hybridized carbons (Fsp3) is 0.182. The van der Waals surface area contributed by atoms with Gasteiger partial charge in [-0.15, -0.1) is 0 Å². The lowest BCUT2D eigenvalue weighted by atomic mass is 10.1. The molecule has 0 aliphatic heterocycles. The molecule has 0 saturated carbocycles. The maximum absolute atomic E-state index is 12.8. The summed E-state index contributed by atoms with van der Waals surface area (Å²) in [5.41, 5.74) is 0.579. The van der Waals surface area contributed by atoms with Crippen LogP contribution in [0.1, 0.15) is 18.6 Å². The first kappa shape index (κ1) is 10.4. The van der Waals surface area contributed by atoms with Gasteiger partial charge in [0.05, 0.1) is 0 Å². The zero-order valence-corrected chi connectivity index (χ0v) is 7.87. The Morgan fingerprint density at radius 2 is 2.36 bits per heavy atom. The third kappa shape index (κ3) is 2.69. The Morgan fingerprint density at radius 1 is 1.64 bits per heavy atom. The first-order valence-electron chi connectivity index (χ1n) is 4.18. The molecule has 0 N–H and O–H groups in total. The van der Waals surface area contributed by atoms with Crippen LogP contribution in [-0.4, -0.2) is 5.97 Å². The second-order valence-corrected chi connectivity index (χ2v) is 2.82. The van der Waals surface area contributed by atoms with Gasteiger partial charge in [0.15, 0.2) is 0 Å². The Morgan fingerprint density at radius 3 is 2.86 bits per heavy atom. The molecule has 0 amide bonds. The summed E-state index contributed by atoms with van der Waals surface area (Å²) in [5, 5.41) is 0. The highest BCUT2D eigenvalue weighted by Crippen LogP contribution is 2.19. The predicted octanol–water partition coefficient (Wildman–Crippen LogP) is 2.62. The Balaban J connectivity index is 2.89. The third-order valence-electron chi connectivity index (χ3n) is 1.68. The van der Waals surface area contributed by atoms with E-state index in [1.165, 1.54) is 25.1 Å². The second kappa shape index (κ2) is 4.56. The molecule has 0 saturated heterocycles. The number of esters is 1. The molecule has 1 atom stereocenters. The van der Waals surface area contributed by atoms with E-state index in [1.807, 2.05) is 0 Å². The molecule has 0 radical (unpaired) electrons. The first-order chi connectivity index (χ1) is 6.63. The summed E-state index contributed by atoms with van der Waals surface area (Å²) in [6.07, 6.45) is 0.874. The molecule has 0 aliphatic rings. The van der Waals surface area contributed by atoms with Crippen LogP contribution in [-0.2, 0) is 9.53 Å². The van der Waals surface area contributed by atoms with E-state index in [0.717, 1.165) is 0 Å². The smallest absolute Gasteiger partial charge is 0.303 e. The molecule has 0 aromatic heterocycles. The van der Waals surface area contributed by atoms with E-state index in [0.29, 0.717) is 5.56 Å². The van der Waals surface area contributed by atoms with Gasteiger partial charge >= 0.3 is 5.97 Å². The summed E-state index contributed by atoms with van der Waals surface area (Å²) in [6.45, 7) is 4.82. The SMILES string of the molecule is C=C[C@@H](OC(C)=O)c1cccc(F)c1. The van der Waals surface area contributed by atoms with E-state index in [4.69, 9.17) is 4.74 Å². The van der Waals surface area contributed by atoms with Crippen molar-refractivity contribution in [1.29, 1.82) is 0 Å². The normalized spacial score (nSPS) is 11.9. The first-order valence-corrected chi connectivity index (χ1v) is 4.18. The number of carbonyl (C=O) groups excluding carboxylic acids is 1. The molecule has 0 spiro atoms. The summed E-state index contributed by atoms with van der Waals surface area (Å²) < 4.78 is 17.7. The standard InChI is InChI=1S/C11H11FO2/c1-3-11(14-8(2)13)9-5-4-6-10(12)7-9/h3-7,11H,1H2,2H3/t11-/m1/s1. The number of hydrogen-bond donors (Lipinski definition) is 0. The lowest BCUT2D eigenvalue weighted by molar-refractivity contribution is -0.144. The summed E-state index contributed by atoms with van der Waals surface area (Å²) in [4.78, 5) is 10.7. The lowest BCUT2D eigenvalue weighted by Gasteiger charge is -2.12. The van der Waals surface area contributed by atoms with Crippen LogP contribution < -0.4 is 0 Å². The minimum absolute atomic E-state index is 0.360. The van der Waals surface area contributed by atoms with Crippen molar-refractivity contribution in [1.82, 2.24) is 0 Å². The van der Waals surface area contributed by atoms with Crippen LogP contribution in [0.15, 0.2) is 36.9 Å². The quantitative estimate of drug-likeness (QED) is 0.546. The molecule has 0 aliphatic carbocycles. The summed E-state index contributed by atoms with van der Waals surface area (Å²) in [6, 6.07) is 5.88. The number of ether oxygens (including phenoxy) is 1. The molecule has 14 heavy (non-hydrogen) atoms. The molecule has 0 fully saturated rings. The van der Waals surface area contributed by atoms with Gasteiger partial charge in [0.25, 0.3) is 0 Å². The van der Waals surface area contributed by atoms with Crippen molar-refractivity contribution in [2.24, 2.45) is 0 Å². The van der Waals surface area contributed by atoms with Crippen molar-refractivity contribution in [3.63, 3.8) is 0 Å². The van der Waals surface area contributed by atoms with Gasteiger partial charge in [0.2, 0.25) is 0 Å². The van der Waals surface area contributed by atoms with Crippen molar-refractivity contribution in [2.75, 3.05) is 0 Å². The van der Waals surface area contributed by atoms with Crippen molar-refractivity contribution in [2.45, 2.75) is 13.0 Å². The number of benzene rings is 1. The Kier molecular flexibility index (Phi) is 3.40. The molecule has 3 heteroatoms. The van der Waals surface area contributed by atoms with Crippen molar-refractivity contribution < 1.29 is 13.9 Å². The summed E-state index contributed by atoms with van der Waals surface area (Å²) in [7, 11) is 0. The molecule has 1 aromatic rings. The zero-order chi connectivity index (χ0) is 10.6. The molecule has 1 rings (SSSR count). The molecule has 74 valence electrons. The predicted molar refractivity (Wildman–Crippen MR) is 51.1 cm³/mol. The Bertz CT molecular complexity index is 347. The van der Waals surface area contributed by atoms with Crippen LogP contribution in [0.4, 0.5) is 4.39 Å². The van der Waals surface area contributed by atoms with E-state index in [-0.39, 0.29) is 5.82 Å². The van der Waals surface area contributed by atoms with Crippen LogP contribution in [0.2, 0.25) is 0 Å². The van der Waals surface area contributed by atoms with Crippen LogP contribution in [0.5, 0.6) is 0 Å². The van der Waals surface area contributed by atoms with Gasteiger partial charge in [-0.3, -0.25) is 4.79 Å². The van der Waals surface area contributed by atoms with Crippen LogP contribution in [0.25, 0.3) is 0 Å². The summed E-state index contributed by atoms with van der Waals surface area (Å²) in [5.74, 6) is -0.777. The molecule has 0 bridgehead atoms. The largest absolute Gasteiger partial charge is 0.453 e. The molecule has 2 nitrogen and oxygen atoms in total. The van der Waals surface area contributed by atoms with Crippen LogP contribution in [0, 0.1) is 5.82 Å². The topological polar surface area (TPSA) is 26.3 Å². The maximum atomic E-state index is 12.8. The molecular formula is C11H11FO2. The molecule has 0 unspecified atom stereocenters. The van der Waals surface area contributed by atoms with E-state index >= 15 is 0 Å². The third-order valence-corrected chi connectivity index (χ3v) is 1.68. The van der Waals surface area contributed by atoms with E-state index in [9.17, 15) is 9.18 Å². The lowest BCUT2D eigenvalue weighted by Crippen LogP contribution is -2.05.